The molecule has 2 atom stereocenters. The predicted molar refractivity (Wildman–Crippen MR) is 147 cm³/mol. The summed E-state index contributed by atoms with van der Waals surface area (Å²) in [5, 5.41) is 3.72. The van der Waals surface area contributed by atoms with E-state index in [4.69, 9.17) is 23.2 Å². The van der Waals surface area contributed by atoms with Crippen LogP contribution in [0.25, 0.3) is 0 Å². The molecule has 36 heavy (non-hydrogen) atoms. The van der Waals surface area contributed by atoms with Crippen LogP contribution < -0.4 is 9.62 Å². The molecule has 0 heterocycles. The van der Waals surface area contributed by atoms with Gasteiger partial charge in [-0.15, -0.1) is 0 Å². The fourth-order valence-electron chi connectivity index (χ4n) is 3.69. The molecule has 2 rings (SSSR count). The van der Waals surface area contributed by atoms with Gasteiger partial charge < -0.3 is 10.2 Å². The molecule has 2 amide bonds. The van der Waals surface area contributed by atoms with Gasteiger partial charge in [-0.05, 0) is 63.4 Å². The van der Waals surface area contributed by atoms with Crippen molar-refractivity contribution in [1.82, 2.24) is 10.2 Å². The number of benzene rings is 2. The number of carbonyl (C=O) groups is 2. The normalized spacial score (nSPS) is 13.1. The number of rotatable bonds is 12. The van der Waals surface area contributed by atoms with Crippen molar-refractivity contribution in [2.24, 2.45) is 0 Å². The van der Waals surface area contributed by atoms with Crippen molar-refractivity contribution < 1.29 is 18.0 Å². The summed E-state index contributed by atoms with van der Waals surface area (Å²) in [6.07, 6.45) is 2.21. The van der Waals surface area contributed by atoms with Crippen molar-refractivity contribution in [2.75, 3.05) is 17.1 Å². The summed E-state index contributed by atoms with van der Waals surface area (Å²) in [6.45, 7) is 7.59. The highest BCUT2D eigenvalue weighted by Gasteiger charge is 2.28. The first kappa shape index (κ1) is 29.9. The van der Waals surface area contributed by atoms with E-state index in [1.54, 1.807) is 43.3 Å². The number of halogens is 2. The van der Waals surface area contributed by atoms with Crippen LogP contribution in [0.5, 0.6) is 0 Å². The summed E-state index contributed by atoms with van der Waals surface area (Å²) in [7, 11) is -3.55. The van der Waals surface area contributed by atoms with Crippen LogP contribution in [-0.4, -0.2) is 50.0 Å². The highest BCUT2D eigenvalue weighted by molar-refractivity contribution is 7.92. The van der Waals surface area contributed by atoms with Crippen LogP contribution >= 0.6 is 23.2 Å². The number of nitrogens with zero attached hydrogens (tertiary/aromatic N) is 2. The van der Waals surface area contributed by atoms with Gasteiger partial charge in [0.1, 0.15) is 6.04 Å². The van der Waals surface area contributed by atoms with E-state index in [0.717, 1.165) is 18.2 Å². The quantitative estimate of drug-likeness (QED) is 0.391. The third-order valence-electron chi connectivity index (χ3n) is 6.00. The Morgan fingerprint density at radius 1 is 1.06 bits per heavy atom. The fraction of sp³-hybridized carbons (Fsp3) is 0.462. The van der Waals surface area contributed by atoms with Crippen molar-refractivity contribution in [1.29, 1.82) is 0 Å². The van der Waals surface area contributed by atoms with Crippen LogP contribution in [0.1, 0.15) is 51.2 Å². The summed E-state index contributed by atoms with van der Waals surface area (Å²) >= 11 is 12.7. The molecule has 0 aliphatic carbocycles. The molecular weight excluding hydrogens is 521 g/mol. The van der Waals surface area contributed by atoms with Gasteiger partial charge in [0.25, 0.3) is 0 Å². The van der Waals surface area contributed by atoms with Crippen molar-refractivity contribution in [3.63, 3.8) is 0 Å². The number of hydrogen-bond donors (Lipinski definition) is 1. The number of amides is 2. The average Bonchev–Trinajstić information content (AvgIpc) is 2.80. The van der Waals surface area contributed by atoms with Gasteiger partial charge in [-0.25, -0.2) is 8.42 Å². The molecule has 1 N–H and O–H groups in total. The maximum atomic E-state index is 13.4. The maximum absolute atomic E-state index is 13.4. The molecule has 0 aromatic heterocycles. The Kier molecular flexibility index (Phi) is 11.1. The number of aryl methyl sites for hydroxylation is 1. The Hall–Kier alpha value is -2.29. The van der Waals surface area contributed by atoms with Crippen LogP contribution in [0.15, 0.2) is 42.5 Å². The molecule has 0 saturated carbocycles. The molecule has 0 aliphatic heterocycles. The molecule has 0 aliphatic rings. The first-order valence-electron chi connectivity index (χ1n) is 11.9. The lowest BCUT2D eigenvalue weighted by atomic mass is 10.1. The number of hydrogen-bond acceptors (Lipinski definition) is 4. The first-order valence-corrected chi connectivity index (χ1v) is 14.5. The molecule has 2 aromatic carbocycles. The molecule has 0 bridgehead atoms. The zero-order valence-corrected chi connectivity index (χ0v) is 23.8. The van der Waals surface area contributed by atoms with E-state index in [1.165, 1.54) is 9.21 Å². The molecule has 198 valence electrons. The maximum Gasteiger partial charge on any atom is 0.242 e. The third-order valence-corrected chi connectivity index (χ3v) is 7.90. The van der Waals surface area contributed by atoms with Gasteiger partial charge in [-0.3, -0.25) is 13.9 Å². The SMILES string of the molecule is CC[C@@H](C)NC(=O)[C@H](C)N(Cc1c(Cl)cccc1Cl)C(=O)CCCN(c1cccc(C)c1)S(C)(=O)=O. The van der Waals surface area contributed by atoms with Gasteiger partial charge in [0.05, 0.1) is 11.9 Å². The summed E-state index contributed by atoms with van der Waals surface area (Å²) in [6, 6.07) is 11.4. The highest BCUT2D eigenvalue weighted by Crippen LogP contribution is 2.27. The van der Waals surface area contributed by atoms with Crippen LogP contribution in [-0.2, 0) is 26.2 Å². The second-order valence-corrected chi connectivity index (χ2v) is 11.7. The van der Waals surface area contributed by atoms with E-state index in [9.17, 15) is 18.0 Å². The third kappa shape index (κ3) is 8.39. The van der Waals surface area contributed by atoms with Gasteiger partial charge in [-0.1, -0.05) is 48.3 Å². The Labute approximate surface area is 224 Å². The fourth-order valence-corrected chi connectivity index (χ4v) is 5.16. The molecule has 2 aromatic rings. The largest absolute Gasteiger partial charge is 0.352 e. The minimum atomic E-state index is -3.55. The minimum Gasteiger partial charge on any atom is -0.352 e. The van der Waals surface area contributed by atoms with E-state index in [1.807, 2.05) is 26.8 Å². The summed E-state index contributed by atoms with van der Waals surface area (Å²) in [5.74, 6) is -0.575. The van der Waals surface area contributed by atoms with E-state index in [0.29, 0.717) is 21.3 Å². The average molecular weight is 557 g/mol. The number of carbonyl (C=O) groups excluding carboxylic acids is 2. The molecular formula is C26H35Cl2N3O4S. The van der Waals surface area contributed by atoms with Crippen LogP contribution in [0, 0.1) is 6.92 Å². The lowest BCUT2D eigenvalue weighted by Crippen LogP contribution is -2.49. The van der Waals surface area contributed by atoms with Gasteiger partial charge in [-0.2, -0.15) is 0 Å². The second kappa shape index (κ2) is 13.3. The topological polar surface area (TPSA) is 86.8 Å². The second-order valence-electron chi connectivity index (χ2n) is 8.99. The van der Waals surface area contributed by atoms with Crippen LogP contribution in [0.2, 0.25) is 10.0 Å². The Bertz CT molecular complexity index is 1150. The monoisotopic (exact) mass is 555 g/mol. The lowest BCUT2D eigenvalue weighted by molar-refractivity contribution is -0.140. The van der Waals surface area contributed by atoms with Crippen molar-refractivity contribution in [2.45, 2.75) is 65.6 Å². The van der Waals surface area contributed by atoms with E-state index in [-0.39, 0.29) is 43.8 Å². The summed E-state index contributed by atoms with van der Waals surface area (Å²) < 4.78 is 26.2. The van der Waals surface area contributed by atoms with E-state index < -0.39 is 16.1 Å². The summed E-state index contributed by atoms with van der Waals surface area (Å²) in [4.78, 5) is 27.7. The number of sulfonamides is 1. The molecule has 10 heteroatoms. The molecule has 0 spiro atoms. The number of anilines is 1. The van der Waals surface area contributed by atoms with Gasteiger partial charge >= 0.3 is 0 Å². The minimum absolute atomic E-state index is 0.0425. The summed E-state index contributed by atoms with van der Waals surface area (Å²) in [5.41, 5.74) is 2.03. The Morgan fingerprint density at radius 3 is 2.22 bits per heavy atom. The van der Waals surface area contributed by atoms with Crippen LogP contribution in [0.4, 0.5) is 5.69 Å². The predicted octanol–water partition coefficient (Wildman–Crippen LogP) is 5.18. The van der Waals surface area contributed by atoms with Crippen molar-refractivity contribution in [3.05, 3.63) is 63.6 Å². The number of nitrogens with one attached hydrogen (secondary N) is 1. The van der Waals surface area contributed by atoms with Gasteiger partial charge in [0, 0.05) is 41.2 Å². The standard InChI is InChI=1S/C26H35Cl2N3O4S/c1-6-19(3)29-26(33)20(4)30(17-22-23(27)12-8-13-24(22)28)25(32)14-9-15-31(36(5,34)35)21-11-7-10-18(2)16-21/h7-8,10-13,16,19-20H,6,9,14-15,17H2,1-5H3,(H,29,33)/t19-,20+/m1/s1. The van der Waals surface area contributed by atoms with E-state index >= 15 is 0 Å². The van der Waals surface area contributed by atoms with E-state index in [2.05, 4.69) is 5.32 Å². The smallest absolute Gasteiger partial charge is 0.242 e. The zero-order valence-electron chi connectivity index (χ0n) is 21.4. The van der Waals surface area contributed by atoms with Gasteiger partial charge in [0.2, 0.25) is 21.8 Å². The molecule has 7 nitrogen and oxygen atoms in total. The molecule has 0 unspecified atom stereocenters. The van der Waals surface area contributed by atoms with Gasteiger partial charge in [0.15, 0.2) is 0 Å². The van der Waals surface area contributed by atoms with Crippen molar-refractivity contribution in [3.8, 4) is 0 Å². The lowest BCUT2D eigenvalue weighted by Gasteiger charge is -2.30. The molecule has 0 radical (unpaired) electrons. The zero-order chi connectivity index (χ0) is 27.0. The highest BCUT2D eigenvalue weighted by atomic mass is 35.5. The molecule has 0 fully saturated rings. The van der Waals surface area contributed by atoms with Crippen molar-refractivity contribution >= 4 is 50.7 Å². The molecule has 0 saturated heterocycles. The Balaban J connectivity index is 2.23. The first-order chi connectivity index (χ1) is 16.8. The Morgan fingerprint density at radius 2 is 1.67 bits per heavy atom. The van der Waals surface area contributed by atoms with Crippen LogP contribution in [0.3, 0.4) is 0 Å².